The number of imidazole rings is 1. The average molecular weight is 386 g/mol. The normalized spacial score (nSPS) is 12.8. The number of aromatic nitrogens is 3. The van der Waals surface area contributed by atoms with Crippen molar-refractivity contribution in [3.8, 4) is 11.3 Å². The van der Waals surface area contributed by atoms with E-state index in [2.05, 4.69) is 20.9 Å². The van der Waals surface area contributed by atoms with E-state index in [1.807, 2.05) is 59.1 Å². The van der Waals surface area contributed by atoms with Crippen molar-refractivity contribution < 1.29 is 4.21 Å². The van der Waals surface area contributed by atoms with E-state index in [0.717, 1.165) is 32.3 Å². The second-order valence-corrected chi connectivity index (χ2v) is 7.38. The molecular formula is C17H12BrN3OS. The summed E-state index contributed by atoms with van der Waals surface area (Å²) in [5.41, 5.74) is 3.42. The van der Waals surface area contributed by atoms with Crippen LogP contribution in [0.1, 0.15) is 0 Å². The van der Waals surface area contributed by atoms with Gasteiger partial charge < -0.3 is 0 Å². The van der Waals surface area contributed by atoms with Crippen LogP contribution in [-0.4, -0.2) is 24.8 Å². The van der Waals surface area contributed by atoms with Crippen molar-refractivity contribution in [3.63, 3.8) is 0 Å². The predicted molar refractivity (Wildman–Crippen MR) is 96.0 cm³/mol. The summed E-state index contributed by atoms with van der Waals surface area (Å²) >= 11 is 3.44. The molecule has 0 radical (unpaired) electrons. The van der Waals surface area contributed by atoms with Crippen LogP contribution in [-0.2, 0) is 10.8 Å². The smallest absolute Gasteiger partial charge is 0.205 e. The van der Waals surface area contributed by atoms with Gasteiger partial charge in [-0.25, -0.2) is 9.97 Å². The third-order valence-electron chi connectivity index (χ3n) is 3.67. The molecule has 0 fully saturated rings. The highest BCUT2D eigenvalue weighted by molar-refractivity contribution is 9.10. The van der Waals surface area contributed by atoms with Gasteiger partial charge in [-0.15, -0.1) is 0 Å². The lowest BCUT2D eigenvalue weighted by atomic mass is 10.2. The first-order valence-corrected chi connectivity index (χ1v) is 9.36. The molecule has 4 aromatic rings. The van der Waals surface area contributed by atoms with Gasteiger partial charge in [0.05, 0.1) is 22.0 Å². The Bertz CT molecular complexity index is 1060. The fourth-order valence-electron chi connectivity index (χ4n) is 2.60. The summed E-state index contributed by atoms with van der Waals surface area (Å²) in [4.78, 5) is 9.30. The Morgan fingerprint density at radius 3 is 2.52 bits per heavy atom. The van der Waals surface area contributed by atoms with E-state index in [9.17, 15) is 4.21 Å². The van der Waals surface area contributed by atoms with Crippen molar-refractivity contribution in [1.29, 1.82) is 0 Å². The first-order chi connectivity index (χ1) is 11.1. The first-order valence-electron chi connectivity index (χ1n) is 7.01. The van der Waals surface area contributed by atoms with Gasteiger partial charge in [0.25, 0.3) is 0 Å². The van der Waals surface area contributed by atoms with Crippen LogP contribution in [0.4, 0.5) is 0 Å². The molecule has 0 N–H and O–H groups in total. The molecule has 1 unspecified atom stereocenters. The minimum Gasteiger partial charge on any atom is -0.276 e. The molecule has 114 valence electrons. The summed E-state index contributed by atoms with van der Waals surface area (Å²) < 4.78 is 14.9. The van der Waals surface area contributed by atoms with Gasteiger partial charge in [-0.3, -0.25) is 8.61 Å². The van der Waals surface area contributed by atoms with Crippen LogP contribution in [0.5, 0.6) is 0 Å². The first kappa shape index (κ1) is 14.5. The molecule has 0 saturated heterocycles. The summed E-state index contributed by atoms with van der Waals surface area (Å²) in [6.45, 7) is 0. The van der Waals surface area contributed by atoms with Crippen molar-refractivity contribution in [3.05, 3.63) is 59.2 Å². The highest BCUT2D eigenvalue weighted by atomic mass is 79.9. The van der Waals surface area contributed by atoms with Crippen molar-refractivity contribution in [2.24, 2.45) is 0 Å². The number of hydrogen-bond donors (Lipinski definition) is 0. The topological polar surface area (TPSA) is 47.3 Å². The van der Waals surface area contributed by atoms with Crippen molar-refractivity contribution >= 4 is 43.3 Å². The van der Waals surface area contributed by atoms with Gasteiger partial charge in [-0.05, 0) is 24.3 Å². The molecule has 4 nitrogen and oxygen atoms in total. The molecule has 0 spiro atoms. The lowest BCUT2D eigenvalue weighted by molar-refractivity contribution is 0.678. The fraction of sp³-hybridized carbons (Fsp3) is 0.0588. The lowest BCUT2D eigenvalue weighted by Crippen LogP contribution is -2.02. The zero-order valence-corrected chi connectivity index (χ0v) is 14.6. The van der Waals surface area contributed by atoms with E-state index < -0.39 is 10.8 Å². The minimum absolute atomic E-state index is 0.509. The quantitative estimate of drug-likeness (QED) is 0.489. The Morgan fingerprint density at radius 2 is 1.78 bits per heavy atom. The molecule has 1 atom stereocenters. The van der Waals surface area contributed by atoms with Crippen LogP contribution < -0.4 is 0 Å². The van der Waals surface area contributed by atoms with Gasteiger partial charge in [-0.1, -0.05) is 40.2 Å². The Hall–Kier alpha value is -2.05. The zero-order chi connectivity index (χ0) is 16.0. The highest BCUT2D eigenvalue weighted by Gasteiger charge is 2.14. The summed E-state index contributed by atoms with van der Waals surface area (Å²) in [5, 5.41) is 1.46. The van der Waals surface area contributed by atoms with Crippen LogP contribution in [0.3, 0.4) is 0 Å². The molecule has 0 aliphatic carbocycles. The lowest BCUT2D eigenvalue weighted by Gasteiger charge is -2.04. The summed E-state index contributed by atoms with van der Waals surface area (Å²) in [6, 6.07) is 15.8. The molecule has 0 saturated carbocycles. The van der Waals surface area contributed by atoms with Crippen LogP contribution in [0.2, 0.25) is 0 Å². The third kappa shape index (κ3) is 2.48. The monoisotopic (exact) mass is 385 g/mol. The molecule has 0 aliphatic heterocycles. The summed E-state index contributed by atoms with van der Waals surface area (Å²) in [6.07, 6.45) is 3.53. The van der Waals surface area contributed by atoms with E-state index in [0.29, 0.717) is 5.16 Å². The van der Waals surface area contributed by atoms with E-state index in [4.69, 9.17) is 4.98 Å². The molecule has 4 rings (SSSR count). The highest BCUT2D eigenvalue weighted by Crippen LogP contribution is 2.26. The molecule has 2 aromatic carbocycles. The Labute approximate surface area is 143 Å². The maximum Gasteiger partial charge on any atom is 0.205 e. The van der Waals surface area contributed by atoms with E-state index in [1.165, 1.54) is 0 Å². The molecule has 2 heterocycles. The van der Waals surface area contributed by atoms with Gasteiger partial charge in [0, 0.05) is 27.9 Å². The molecule has 0 bridgehead atoms. The van der Waals surface area contributed by atoms with Gasteiger partial charge in [0.15, 0.2) is 0 Å². The van der Waals surface area contributed by atoms with Gasteiger partial charge >= 0.3 is 0 Å². The Balaban J connectivity index is 2.06. The average Bonchev–Trinajstić information content (AvgIpc) is 3.00. The van der Waals surface area contributed by atoms with E-state index >= 15 is 0 Å². The van der Waals surface area contributed by atoms with Crippen LogP contribution in [0.25, 0.3) is 27.8 Å². The Morgan fingerprint density at radius 1 is 1.04 bits per heavy atom. The standard InChI is InChI=1S/C17H12BrN3OS/c1-23(22)17-20-14-5-3-2-4-13(14)16-19-15(10-21(16)17)11-6-8-12(18)9-7-11/h2-10H,1H3. The number of rotatable bonds is 2. The molecule has 6 heteroatoms. The second-order valence-electron chi connectivity index (χ2n) is 5.19. The van der Waals surface area contributed by atoms with Crippen LogP contribution in [0, 0.1) is 0 Å². The van der Waals surface area contributed by atoms with Crippen molar-refractivity contribution in [2.75, 3.05) is 6.26 Å². The largest absolute Gasteiger partial charge is 0.276 e. The second kappa shape index (κ2) is 5.54. The number of benzene rings is 2. The number of nitrogens with zero attached hydrogens (tertiary/aromatic N) is 3. The van der Waals surface area contributed by atoms with Gasteiger partial charge in [0.1, 0.15) is 5.65 Å². The number of para-hydroxylation sites is 1. The Kier molecular flexibility index (Phi) is 3.50. The number of fused-ring (bicyclic) bond motifs is 3. The van der Waals surface area contributed by atoms with Crippen LogP contribution >= 0.6 is 15.9 Å². The third-order valence-corrected chi connectivity index (χ3v) is 5.00. The molecule has 2 aromatic heterocycles. The number of hydrogen-bond acceptors (Lipinski definition) is 3. The summed E-state index contributed by atoms with van der Waals surface area (Å²) in [7, 11) is -1.20. The maximum absolute atomic E-state index is 12.1. The van der Waals surface area contributed by atoms with Gasteiger partial charge in [0.2, 0.25) is 5.16 Å². The zero-order valence-electron chi connectivity index (χ0n) is 12.2. The van der Waals surface area contributed by atoms with Crippen molar-refractivity contribution in [1.82, 2.24) is 14.4 Å². The van der Waals surface area contributed by atoms with E-state index in [-0.39, 0.29) is 0 Å². The minimum atomic E-state index is -1.20. The molecule has 0 amide bonds. The van der Waals surface area contributed by atoms with Gasteiger partial charge in [-0.2, -0.15) is 0 Å². The SMILES string of the molecule is CS(=O)c1nc2ccccc2c2nc(-c3ccc(Br)cc3)cn12. The van der Waals surface area contributed by atoms with Crippen LogP contribution in [0.15, 0.2) is 64.4 Å². The molecule has 23 heavy (non-hydrogen) atoms. The maximum atomic E-state index is 12.1. The fourth-order valence-corrected chi connectivity index (χ4v) is 3.50. The molecular weight excluding hydrogens is 374 g/mol. The number of halogens is 1. The predicted octanol–water partition coefficient (Wildman–Crippen LogP) is 4.05. The van der Waals surface area contributed by atoms with Crippen molar-refractivity contribution in [2.45, 2.75) is 5.16 Å². The molecule has 0 aliphatic rings. The van der Waals surface area contributed by atoms with E-state index in [1.54, 1.807) is 6.26 Å². The summed E-state index contributed by atoms with van der Waals surface area (Å²) in [5.74, 6) is 0.